The van der Waals surface area contributed by atoms with Crippen LogP contribution in [0.5, 0.6) is 0 Å². The molecule has 1 atom stereocenters. The van der Waals surface area contributed by atoms with Crippen LogP contribution in [0, 0.1) is 0 Å². The molecule has 0 aliphatic carbocycles. The lowest BCUT2D eigenvalue weighted by Gasteiger charge is -2.09. The topological polar surface area (TPSA) is 75.6 Å². The predicted molar refractivity (Wildman–Crippen MR) is 81.5 cm³/mol. The van der Waals surface area contributed by atoms with Gasteiger partial charge in [0.25, 0.3) is 0 Å². The third kappa shape index (κ3) is 6.40. The number of rotatable bonds is 9. The van der Waals surface area contributed by atoms with Gasteiger partial charge in [-0.15, -0.1) is 0 Å². The van der Waals surface area contributed by atoms with Gasteiger partial charge in [0.1, 0.15) is 6.61 Å². The van der Waals surface area contributed by atoms with Gasteiger partial charge in [-0.3, -0.25) is 9.59 Å². The van der Waals surface area contributed by atoms with E-state index < -0.39 is 11.9 Å². The fraction of sp³-hybridized carbons (Fsp3) is 0.500. The van der Waals surface area contributed by atoms with E-state index in [-0.39, 0.29) is 12.5 Å². The molecule has 0 aromatic heterocycles. The Hall–Kier alpha value is -1.88. The minimum atomic E-state index is -0.868. The highest BCUT2D eigenvalue weighted by Gasteiger charge is 2.13. The molecule has 1 unspecified atom stereocenters. The van der Waals surface area contributed by atoms with Crippen LogP contribution in [0.15, 0.2) is 24.3 Å². The molecule has 5 heteroatoms. The van der Waals surface area contributed by atoms with Crippen molar-refractivity contribution in [3.8, 4) is 0 Å². The van der Waals surface area contributed by atoms with E-state index in [0.29, 0.717) is 17.9 Å². The van der Waals surface area contributed by atoms with Crippen LogP contribution in [-0.4, -0.2) is 30.2 Å². The van der Waals surface area contributed by atoms with Crippen LogP contribution >= 0.6 is 0 Å². The van der Waals surface area contributed by atoms with Crippen molar-refractivity contribution in [3.05, 3.63) is 29.8 Å². The first-order valence-corrected chi connectivity index (χ1v) is 7.25. The molecular weight excluding hydrogens is 270 g/mol. The Morgan fingerprint density at radius 2 is 1.90 bits per heavy atom. The number of nitrogens with one attached hydrogen (secondary N) is 1. The largest absolute Gasteiger partial charge is 0.481 e. The number of hydrogen-bond donors (Lipinski definition) is 2. The number of amides is 1. The smallest absolute Gasteiger partial charge is 0.310 e. The molecule has 0 bridgehead atoms. The van der Waals surface area contributed by atoms with Crippen molar-refractivity contribution in [3.63, 3.8) is 0 Å². The van der Waals surface area contributed by atoms with E-state index >= 15 is 0 Å². The van der Waals surface area contributed by atoms with Gasteiger partial charge in [0.15, 0.2) is 0 Å². The van der Waals surface area contributed by atoms with Gasteiger partial charge in [-0.1, -0.05) is 31.9 Å². The number of ether oxygens (including phenoxy) is 1. The van der Waals surface area contributed by atoms with E-state index in [9.17, 15) is 9.59 Å². The Bertz CT molecular complexity index is 456. The number of anilines is 1. The maximum atomic E-state index is 11.6. The molecule has 0 saturated heterocycles. The molecular formula is C16H23NO4. The summed E-state index contributed by atoms with van der Waals surface area (Å²) in [6, 6.07) is 6.81. The number of aliphatic carboxylic acids is 1. The molecule has 5 nitrogen and oxygen atoms in total. The van der Waals surface area contributed by atoms with Crippen LogP contribution in [0.2, 0.25) is 0 Å². The van der Waals surface area contributed by atoms with Gasteiger partial charge in [0.05, 0.1) is 5.92 Å². The second-order valence-corrected chi connectivity index (χ2v) is 4.99. The lowest BCUT2D eigenvalue weighted by atomic mass is 10.0. The summed E-state index contributed by atoms with van der Waals surface area (Å²) in [6.45, 7) is 4.37. The average molecular weight is 293 g/mol. The third-order valence-electron chi connectivity index (χ3n) is 3.19. The zero-order valence-corrected chi connectivity index (χ0v) is 12.6. The van der Waals surface area contributed by atoms with Gasteiger partial charge in [0.2, 0.25) is 5.91 Å². The van der Waals surface area contributed by atoms with Crippen LogP contribution in [-0.2, 0) is 14.3 Å². The van der Waals surface area contributed by atoms with E-state index in [1.165, 1.54) is 0 Å². The maximum Gasteiger partial charge on any atom is 0.310 e. The first kappa shape index (κ1) is 17.2. The summed E-state index contributed by atoms with van der Waals surface area (Å²) in [6.07, 6.45) is 3.19. The summed E-state index contributed by atoms with van der Waals surface area (Å²) in [5, 5.41) is 11.6. The van der Waals surface area contributed by atoms with E-state index in [1.807, 2.05) is 0 Å². The fourth-order valence-corrected chi connectivity index (χ4v) is 1.81. The van der Waals surface area contributed by atoms with Crippen molar-refractivity contribution < 1.29 is 19.4 Å². The Morgan fingerprint density at radius 3 is 2.48 bits per heavy atom. The van der Waals surface area contributed by atoms with Crippen LogP contribution in [0.3, 0.4) is 0 Å². The van der Waals surface area contributed by atoms with Gasteiger partial charge >= 0.3 is 5.97 Å². The average Bonchev–Trinajstić information content (AvgIpc) is 2.47. The van der Waals surface area contributed by atoms with Crippen molar-refractivity contribution in [1.82, 2.24) is 0 Å². The molecule has 1 amide bonds. The monoisotopic (exact) mass is 293 g/mol. The molecule has 1 rings (SSSR count). The number of hydrogen-bond acceptors (Lipinski definition) is 3. The van der Waals surface area contributed by atoms with Crippen molar-refractivity contribution in [1.29, 1.82) is 0 Å². The Kier molecular flexibility index (Phi) is 7.46. The second-order valence-electron chi connectivity index (χ2n) is 4.99. The molecule has 0 fully saturated rings. The highest BCUT2D eigenvalue weighted by atomic mass is 16.5. The summed E-state index contributed by atoms with van der Waals surface area (Å²) in [7, 11) is 0. The lowest BCUT2D eigenvalue weighted by Crippen LogP contribution is -2.18. The molecule has 0 aliphatic heterocycles. The molecule has 21 heavy (non-hydrogen) atoms. The Balaban J connectivity index is 2.38. The molecule has 0 radical (unpaired) electrons. The van der Waals surface area contributed by atoms with Crippen LogP contribution in [0.4, 0.5) is 5.69 Å². The molecule has 116 valence electrons. The van der Waals surface area contributed by atoms with Gasteiger partial charge < -0.3 is 15.2 Å². The van der Waals surface area contributed by atoms with Crippen LogP contribution < -0.4 is 5.32 Å². The Morgan fingerprint density at radius 1 is 1.24 bits per heavy atom. The molecule has 1 aromatic carbocycles. The van der Waals surface area contributed by atoms with Gasteiger partial charge in [-0.2, -0.15) is 0 Å². The number of carboxylic acids is 1. The summed E-state index contributed by atoms with van der Waals surface area (Å²) in [4.78, 5) is 22.5. The number of carboxylic acid groups (broad SMARTS) is 1. The molecule has 0 saturated carbocycles. The summed E-state index contributed by atoms with van der Waals surface area (Å²) >= 11 is 0. The van der Waals surface area contributed by atoms with Crippen molar-refractivity contribution >= 4 is 17.6 Å². The number of benzene rings is 1. The number of carbonyl (C=O) groups excluding carboxylic acids is 1. The van der Waals surface area contributed by atoms with Gasteiger partial charge in [0, 0.05) is 12.3 Å². The second kappa shape index (κ2) is 9.13. The van der Waals surface area contributed by atoms with Crippen molar-refractivity contribution in [2.24, 2.45) is 0 Å². The fourth-order valence-electron chi connectivity index (χ4n) is 1.81. The zero-order chi connectivity index (χ0) is 15.7. The van der Waals surface area contributed by atoms with E-state index in [1.54, 1.807) is 31.2 Å². The van der Waals surface area contributed by atoms with E-state index in [0.717, 1.165) is 19.3 Å². The Labute approximate surface area is 125 Å². The van der Waals surface area contributed by atoms with Crippen molar-refractivity contribution in [2.45, 2.75) is 39.0 Å². The standard InChI is InChI=1S/C16H23NO4/c1-3-4-5-10-21-11-15(18)17-14-8-6-13(7-9-14)12(2)16(19)20/h6-9,12H,3-5,10-11H2,1-2H3,(H,17,18)(H,19,20). The quantitative estimate of drug-likeness (QED) is 0.686. The molecule has 0 spiro atoms. The summed E-state index contributed by atoms with van der Waals surface area (Å²) in [5.74, 6) is -1.63. The van der Waals surface area contributed by atoms with Crippen LogP contribution in [0.25, 0.3) is 0 Å². The predicted octanol–water partition coefficient (Wildman–Crippen LogP) is 3.02. The first-order chi connectivity index (χ1) is 10.0. The molecule has 0 heterocycles. The minimum absolute atomic E-state index is 0.0387. The minimum Gasteiger partial charge on any atom is -0.481 e. The highest BCUT2D eigenvalue weighted by Crippen LogP contribution is 2.18. The highest BCUT2D eigenvalue weighted by molar-refractivity contribution is 5.91. The molecule has 1 aromatic rings. The maximum absolute atomic E-state index is 11.6. The van der Waals surface area contributed by atoms with E-state index in [2.05, 4.69) is 12.2 Å². The van der Waals surface area contributed by atoms with E-state index in [4.69, 9.17) is 9.84 Å². The third-order valence-corrected chi connectivity index (χ3v) is 3.19. The SMILES string of the molecule is CCCCCOCC(=O)Nc1ccc(C(C)C(=O)O)cc1. The van der Waals surface area contributed by atoms with Gasteiger partial charge in [-0.25, -0.2) is 0 Å². The number of carbonyl (C=O) groups is 2. The first-order valence-electron chi connectivity index (χ1n) is 7.25. The van der Waals surface area contributed by atoms with Gasteiger partial charge in [-0.05, 0) is 31.0 Å². The van der Waals surface area contributed by atoms with Crippen molar-refractivity contribution in [2.75, 3.05) is 18.5 Å². The van der Waals surface area contributed by atoms with Crippen LogP contribution in [0.1, 0.15) is 44.6 Å². The lowest BCUT2D eigenvalue weighted by molar-refractivity contribution is -0.138. The molecule has 2 N–H and O–H groups in total. The summed E-state index contributed by atoms with van der Waals surface area (Å²) < 4.78 is 5.27. The molecule has 0 aliphatic rings. The number of unbranched alkanes of at least 4 members (excludes halogenated alkanes) is 2. The zero-order valence-electron chi connectivity index (χ0n) is 12.6. The normalized spacial score (nSPS) is 11.9. The summed E-state index contributed by atoms with van der Waals surface area (Å²) in [5.41, 5.74) is 1.34.